The number of allylic oxidation sites excluding steroid dienone is 2. The Kier molecular flexibility index (Phi) is 8.24. The van der Waals surface area contributed by atoms with Crippen LogP contribution in [0, 0.1) is 16.7 Å². The van der Waals surface area contributed by atoms with E-state index in [1.165, 1.54) is 0 Å². The molecule has 41 heavy (non-hydrogen) atoms. The molecule has 1 atom stereocenters. The van der Waals surface area contributed by atoms with E-state index in [1.54, 1.807) is 38.3 Å². The molecule has 0 bridgehead atoms. The number of dihydropyridines is 1. The molecule has 1 saturated heterocycles. The first kappa shape index (κ1) is 28.9. The van der Waals surface area contributed by atoms with Gasteiger partial charge in [0, 0.05) is 18.5 Å². The summed E-state index contributed by atoms with van der Waals surface area (Å²) < 4.78 is 11.8. The van der Waals surface area contributed by atoms with Crippen LogP contribution >= 0.6 is 0 Å². The van der Waals surface area contributed by atoms with Crippen molar-refractivity contribution in [1.29, 1.82) is 5.41 Å². The minimum atomic E-state index is -0.957. The highest BCUT2D eigenvalue weighted by Gasteiger charge is 2.54. The van der Waals surface area contributed by atoms with Gasteiger partial charge < -0.3 is 41.7 Å². The van der Waals surface area contributed by atoms with Crippen LogP contribution in [-0.4, -0.2) is 60.6 Å². The van der Waals surface area contributed by atoms with Crippen LogP contribution in [0.3, 0.4) is 0 Å². The second-order valence-electron chi connectivity index (χ2n) is 12.6. The van der Waals surface area contributed by atoms with Crippen molar-refractivity contribution in [3.63, 3.8) is 0 Å². The Hall–Kier alpha value is -3.63. The molecule has 2 amide bonds. The van der Waals surface area contributed by atoms with Crippen LogP contribution in [0.4, 0.5) is 0 Å². The largest absolute Gasteiger partial charge is 0.490 e. The van der Waals surface area contributed by atoms with Gasteiger partial charge in [-0.1, -0.05) is 6.07 Å². The molecule has 1 aromatic rings. The third kappa shape index (κ3) is 7.00. The summed E-state index contributed by atoms with van der Waals surface area (Å²) in [6.07, 6.45) is 11.6. The molecule has 1 unspecified atom stereocenters. The molecule has 10 nitrogen and oxygen atoms in total. The maximum absolute atomic E-state index is 12.9. The fraction of sp³-hybridized carbons (Fsp3) is 0.516. The number of amides is 2. The molecule has 0 radical (unpaired) electrons. The van der Waals surface area contributed by atoms with Crippen molar-refractivity contribution in [3.05, 3.63) is 64.7 Å². The van der Waals surface area contributed by atoms with Gasteiger partial charge in [-0.2, -0.15) is 0 Å². The standard InChI is InChI=1S/C31H41N5O5/c1-30(2,39)18-40-22-4-6-26(35-17-22)25(15-32)29(38)36-21-11-31(12-21)13-23(14-31)41-27-10-19(3-5-24(27)28(33)37)9-20-7-8-34-16-20/h3-6,10,15,17,20-21,23,32,34-35,39H,7-9,11-14,16,18H2,1-2H3,(H2,33,37)(H,36,38)/b26-25+,32-15?. The summed E-state index contributed by atoms with van der Waals surface area (Å²) in [5, 5.41) is 27.1. The zero-order chi connectivity index (χ0) is 29.2. The van der Waals surface area contributed by atoms with E-state index in [0.29, 0.717) is 28.7 Å². The highest BCUT2D eigenvalue weighted by atomic mass is 16.5. The number of nitrogens with two attached hydrogens (primary N) is 1. The van der Waals surface area contributed by atoms with Gasteiger partial charge in [-0.15, -0.1) is 0 Å². The zero-order valence-corrected chi connectivity index (χ0v) is 23.8. The second-order valence-corrected chi connectivity index (χ2v) is 12.6. The Bertz CT molecular complexity index is 1270. The molecule has 2 aliphatic heterocycles. The van der Waals surface area contributed by atoms with Gasteiger partial charge in [0.15, 0.2) is 0 Å². The van der Waals surface area contributed by atoms with E-state index in [-0.39, 0.29) is 35.6 Å². The molecule has 10 heteroatoms. The van der Waals surface area contributed by atoms with Crippen molar-refractivity contribution in [3.8, 4) is 5.75 Å². The second kappa shape index (κ2) is 11.7. The van der Waals surface area contributed by atoms with Gasteiger partial charge >= 0.3 is 0 Å². The Morgan fingerprint density at radius 3 is 2.63 bits per heavy atom. The molecule has 2 aliphatic carbocycles. The summed E-state index contributed by atoms with van der Waals surface area (Å²) in [4.78, 5) is 25.0. The topological polar surface area (TPSA) is 159 Å². The van der Waals surface area contributed by atoms with Crippen molar-refractivity contribution in [2.75, 3.05) is 19.7 Å². The van der Waals surface area contributed by atoms with Gasteiger partial charge in [0.1, 0.15) is 18.1 Å². The quantitative estimate of drug-likeness (QED) is 0.178. The SMILES string of the molecule is CC(C)(O)COC1=CN/C(=C(\C=N)C(=O)NC2CC3(C2)CC(Oc2cc(CC4CCNC4)ccc2C(N)=O)C3)C=C1. The Labute approximate surface area is 240 Å². The van der Waals surface area contributed by atoms with Crippen molar-refractivity contribution in [1.82, 2.24) is 16.0 Å². The number of carbonyl (C=O) groups is 2. The van der Waals surface area contributed by atoms with Gasteiger partial charge in [-0.25, -0.2) is 0 Å². The zero-order valence-electron chi connectivity index (χ0n) is 23.8. The molecule has 1 spiro atoms. The fourth-order valence-corrected chi connectivity index (χ4v) is 6.26. The number of hydrogen-bond acceptors (Lipinski definition) is 8. The molecule has 1 aromatic carbocycles. The van der Waals surface area contributed by atoms with E-state index in [0.717, 1.165) is 63.4 Å². The monoisotopic (exact) mass is 563 g/mol. The third-order valence-electron chi connectivity index (χ3n) is 8.36. The van der Waals surface area contributed by atoms with Gasteiger partial charge in [0.05, 0.1) is 28.5 Å². The summed E-state index contributed by atoms with van der Waals surface area (Å²) in [7, 11) is 0. The van der Waals surface area contributed by atoms with Crippen LogP contribution in [0.1, 0.15) is 61.9 Å². The molecule has 2 heterocycles. The Morgan fingerprint density at radius 1 is 1.24 bits per heavy atom. The van der Waals surface area contributed by atoms with Crippen LogP contribution in [0.15, 0.2) is 53.6 Å². The lowest BCUT2D eigenvalue weighted by atomic mass is 9.53. The summed E-state index contributed by atoms with van der Waals surface area (Å²) in [5.74, 6) is 0.916. The van der Waals surface area contributed by atoms with E-state index in [1.807, 2.05) is 12.1 Å². The lowest BCUT2D eigenvalue weighted by Crippen LogP contribution is -2.59. The number of primary amides is 1. The van der Waals surface area contributed by atoms with Gasteiger partial charge in [0.2, 0.25) is 0 Å². The smallest absolute Gasteiger partial charge is 0.255 e. The molecule has 7 N–H and O–H groups in total. The molecular formula is C31H41N5O5. The number of carbonyl (C=O) groups excluding carboxylic acids is 2. The van der Waals surface area contributed by atoms with E-state index >= 15 is 0 Å². The van der Waals surface area contributed by atoms with Crippen molar-refractivity contribution in [2.45, 2.75) is 70.1 Å². The Morgan fingerprint density at radius 2 is 2.02 bits per heavy atom. The Balaban J connectivity index is 1.10. The average Bonchev–Trinajstić information content (AvgIpc) is 3.38. The maximum atomic E-state index is 12.9. The molecule has 2 saturated carbocycles. The van der Waals surface area contributed by atoms with Crippen LogP contribution in [-0.2, 0) is 16.0 Å². The van der Waals surface area contributed by atoms with Crippen LogP contribution in [0.25, 0.3) is 0 Å². The molecule has 3 fully saturated rings. The number of aliphatic hydroxyl groups is 1. The minimum absolute atomic E-state index is 0.0172. The highest BCUT2D eigenvalue weighted by Crippen LogP contribution is 2.57. The van der Waals surface area contributed by atoms with Crippen molar-refractivity contribution >= 4 is 18.0 Å². The number of hydrogen-bond donors (Lipinski definition) is 6. The van der Waals surface area contributed by atoms with Crippen molar-refractivity contribution in [2.24, 2.45) is 17.1 Å². The summed E-state index contributed by atoms with van der Waals surface area (Å²) in [6.45, 7) is 5.51. The van der Waals surface area contributed by atoms with Crippen LogP contribution in [0.5, 0.6) is 5.75 Å². The number of benzene rings is 1. The van der Waals surface area contributed by atoms with Gasteiger partial charge in [0.25, 0.3) is 11.8 Å². The molecule has 4 aliphatic rings. The minimum Gasteiger partial charge on any atom is -0.490 e. The number of ether oxygens (including phenoxy) is 2. The predicted octanol–water partition coefficient (Wildman–Crippen LogP) is 2.44. The third-order valence-corrected chi connectivity index (χ3v) is 8.36. The highest BCUT2D eigenvalue weighted by molar-refractivity contribution is 6.12. The van der Waals surface area contributed by atoms with E-state index in [4.69, 9.17) is 20.6 Å². The number of rotatable bonds is 11. The maximum Gasteiger partial charge on any atom is 0.255 e. The first-order valence-corrected chi connectivity index (χ1v) is 14.4. The first-order valence-electron chi connectivity index (χ1n) is 14.4. The van der Waals surface area contributed by atoms with Crippen LogP contribution in [0.2, 0.25) is 0 Å². The van der Waals surface area contributed by atoms with Gasteiger partial charge in [-0.3, -0.25) is 9.59 Å². The van der Waals surface area contributed by atoms with E-state index in [9.17, 15) is 14.7 Å². The van der Waals surface area contributed by atoms with Crippen molar-refractivity contribution < 1.29 is 24.2 Å². The molecular weight excluding hydrogens is 522 g/mol. The predicted molar refractivity (Wildman–Crippen MR) is 155 cm³/mol. The molecule has 0 aromatic heterocycles. The first-order chi connectivity index (χ1) is 19.5. The summed E-state index contributed by atoms with van der Waals surface area (Å²) in [6, 6.07) is 5.77. The molecule has 220 valence electrons. The summed E-state index contributed by atoms with van der Waals surface area (Å²) in [5.41, 5.74) is 7.13. The van der Waals surface area contributed by atoms with E-state index < -0.39 is 11.5 Å². The van der Waals surface area contributed by atoms with E-state index in [2.05, 4.69) is 16.0 Å². The summed E-state index contributed by atoms with van der Waals surface area (Å²) >= 11 is 0. The normalized spacial score (nSPS) is 28.1. The van der Waals surface area contributed by atoms with Crippen LogP contribution < -0.4 is 26.4 Å². The lowest BCUT2D eigenvalue weighted by molar-refractivity contribution is -0.123. The lowest BCUT2D eigenvalue weighted by Gasteiger charge is -2.57. The van der Waals surface area contributed by atoms with Gasteiger partial charge in [-0.05, 0) is 107 Å². The number of nitrogens with one attached hydrogen (secondary N) is 4. The average molecular weight is 564 g/mol. The molecule has 5 rings (SSSR count). The fourth-order valence-electron chi connectivity index (χ4n) is 6.26.